The van der Waals surface area contributed by atoms with Gasteiger partial charge in [0.2, 0.25) is 5.91 Å². The Balaban J connectivity index is 1.78. The first-order valence-electron chi connectivity index (χ1n) is 8.40. The molecule has 0 aliphatic carbocycles. The maximum absolute atomic E-state index is 12.5. The first kappa shape index (κ1) is 16.2. The van der Waals surface area contributed by atoms with Gasteiger partial charge in [0.1, 0.15) is 0 Å². The van der Waals surface area contributed by atoms with Crippen molar-refractivity contribution in [1.82, 2.24) is 0 Å². The van der Waals surface area contributed by atoms with Crippen molar-refractivity contribution < 1.29 is 9.59 Å². The van der Waals surface area contributed by atoms with Gasteiger partial charge in [-0.3, -0.25) is 9.59 Å². The summed E-state index contributed by atoms with van der Waals surface area (Å²) < 4.78 is 0. The lowest BCUT2D eigenvalue weighted by Gasteiger charge is -2.16. The van der Waals surface area contributed by atoms with Gasteiger partial charge in [0, 0.05) is 29.9 Å². The normalized spacial score (nSPS) is 14.1. The molecule has 1 N–H and O–H groups in total. The van der Waals surface area contributed by atoms with Crippen LogP contribution in [0.5, 0.6) is 0 Å². The third-order valence-corrected chi connectivity index (χ3v) is 4.49. The highest BCUT2D eigenvalue weighted by atomic mass is 16.2. The van der Waals surface area contributed by atoms with E-state index in [0.717, 1.165) is 41.9 Å². The molecule has 0 radical (unpaired) electrons. The number of anilines is 2. The van der Waals surface area contributed by atoms with Crippen LogP contribution >= 0.6 is 0 Å². The summed E-state index contributed by atoms with van der Waals surface area (Å²) >= 11 is 0. The Labute approximate surface area is 142 Å². The number of carbonyl (C=O) groups excluding carboxylic acids is 2. The maximum atomic E-state index is 12.5. The summed E-state index contributed by atoms with van der Waals surface area (Å²) in [6.07, 6.45) is 2.37. The number of rotatable bonds is 4. The van der Waals surface area contributed by atoms with E-state index >= 15 is 0 Å². The number of nitrogens with zero attached hydrogens (tertiary/aromatic N) is 1. The second-order valence-corrected chi connectivity index (χ2v) is 6.11. The fraction of sp³-hybridized carbons (Fsp3) is 0.300. The van der Waals surface area contributed by atoms with Crippen LogP contribution in [0.2, 0.25) is 0 Å². The van der Waals surface area contributed by atoms with Crippen LogP contribution in [0, 0.1) is 6.92 Å². The quantitative estimate of drug-likeness (QED) is 0.927. The Hall–Kier alpha value is -2.62. The van der Waals surface area contributed by atoms with Gasteiger partial charge in [-0.25, -0.2) is 0 Å². The van der Waals surface area contributed by atoms with Crippen molar-refractivity contribution >= 4 is 23.2 Å². The van der Waals surface area contributed by atoms with Gasteiger partial charge in [0.15, 0.2) is 0 Å². The van der Waals surface area contributed by atoms with Crippen molar-refractivity contribution in [1.29, 1.82) is 0 Å². The van der Waals surface area contributed by atoms with E-state index in [-0.39, 0.29) is 11.8 Å². The lowest BCUT2D eigenvalue weighted by molar-refractivity contribution is -0.117. The van der Waals surface area contributed by atoms with E-state index in [2.05, 4.69) is 12.2 Å². The molecule has 124 valence electrons. The number of benzene rings is 2. The second kappa shape index (κ2) is 6.87. The maximum Gasteiger partial charge on any atom is 0.255 e. The zero-order valence-corrected chi connectivity index (χ0v) is 14.1. The predicted octanol–water partition coefficient (Wildman–Crippen LogP) is 3.94. The van der Waals surface area contributed by atoms with Crippen LogP contribution in [0.1, 0.15) is 41.3 Å². The fourth-order valence-corrected chi connectivity index (χ4v) is 3.10. The monoisotopic (exact) mass is 322 g/mol. The van der Waals surface area contributed by atoms with Crippen LogP contribution in [0.4, 0.5) is 11.4 Å². The topological polar surface area (TPSA) is 49.4 Å². The molecule has 0 aromatic heterocycles. The van der Waals surface area contributed by atoms with Crippen molar-refractivity contribution in [3.8, 4) is 0 Å². The molecular formula is C20H22N2O2. The molecule has 1 saturated heterocycles. The average Bonchev–Trinajstić information content (AvgIpc) is 3.02. The first-order valence-corrected chi connectivity index (χ1v) is 8.40. The van der Waals surface area contributed by atoms with Crippen molar-refractivity contribution in [2.45, 2.75) is 33.1 Å². The van der Waals surface area contributed by atoms with Crippen molar-refractivity contribution in [2.75, 3.05) is 16.8 Å². The standard InChI is InChI=1S/C20H22N2O2/c1-3-15-7-4-6-14(2)19(15)21-20(24)16-9-11-17(12-10-16)22-13-5-8-18(22)23/h4,6-7,9-12H,3,5,8,13H2,1-2H3,(H,21,24). The Kier molecular flexibility index (Phi) is 4.65. The van der Waals surface area contributed by atoms with Crippen LogP contribution in [0.25, 0.3) is 0 Å². The summed E-state index contributed by atoms with van der Waals surface area (Å²) in [5.74, 6) is 0.0259. The zero-order chi connectivity index (χ0) is 17.1. The molecule has 0 atom stereocenters. The molecule has 4 nitrogen and oxygen atoms in total. The number of hydrogen-bond acceptors (Lipinski definition) is 2. The van der Waals surface area contributed by atoms with Crippen LogP contribution in [-0.4, -0.2) is 18.4 Å². The number of hydrogen-bond donors (Lipinski definition) is 1. The molecule has 4 heteroatoms. The van der Waals surface area contributed by atoms with Crippen LogP contribution in [0.3, 0.4) is 0 Å². The van der Waals surface area contributed by atoms with E-state index in [1.54, 1.807) is 17.0 Å². The number of para-hydroxylation sites is 1. The SMILES string of the molecule is CCc1cccc(C)c1NC(=O)c1ccc(N2CCCC2=O)cc1. The molecule has 1 fully saturated rings. The molecule has 2 aromatic rings. The molecule has 2 aromatic carbocycles. The molecule has 1 aliphatic heterocycles. The van der Waals surface area contributed by atoms with Crippen molar-refractivity contribution in [3.05, 3.63) is 59.2 Å². The number of aryl methyl sites for hydroxylation is 2. The van der Waals surface area contributed by atoms with Crippen LogP contribution < -0.4 is 10.2 Å². The Morgan fingerprint density at radius 1 is 1.17 bits per heavy atom. The van der Waals surface area contributed by atoms with Crippen molar-refractivity contribution in [2.24, 2.45) is 0 Å². The van der Waals surface area contributed by atoms with Gasteiger partial charge in [0.05, 0.1) is 0 Å². The fourth-order valence-electron chi connectivity index (χ4n) is 3.10. The molecule has 1 heterocycles. The van der Waals surface area contributed by atoms with Gasteiger partial charge >= 0.3 is 0 Å². The van der Waals surface area contributed by atoms with Gasteiger partial charge in [-0.15, -0.1) is 0 Å². The molecule has 3 rings (SSSR count). The minimum absolute atomic E-state index is 0.127. The van der Waals surface area contributed by atoms with Crippen LogP contribution in [-0.2, 0) is 11.2 Å². The van der Waals surface area contributed by atoms with E-state index in [9.17, 15) is 9.59 Å². The van der Waals surface area contributed by atoms with E-state index in [0.29, 0.717) is 12.0 Å². The minimum Gasteiger partial charge on any atom is -0.321 e. The molecule has 0 bridgehead atoms. The number of carbonyl (C=O) groups is 2. The molecule has 24 heavy (non-hydrogen) atoms. The molecular weight excluding hydrogens is 300 g/mol. The van der Waals surface area contributed by atoms with E-state index in [1.165, 1.54) is 0 Å². The van der Waals surface area contributed by atoms with Gasteiger partial charge in [-0.2, -0.15) is 0 Å². The third kappa shape index (κ3) is 3.18. The summed E-state index contributed by atoms with van der Waals surface area (Å²) in [5.41, 5.74) is 4.53. The smallest absolute Gasteiger partial charge is 0.255 e. The largest absolute Gasteiger partial charge is 0.321 e. The first-order chi connectivity index (χ1) is 11.6. The molecule has 0 saturated carbocycles. The van der Waals surface area contributed by atoms with E-state index < -0.39 is 0 Å². The third-order valence-electron chi connectivity index (χ3n) is 4.49. The summed E-state index contributed by atoms with van der Waals surface area (Å²) in [7, 11) is 0. The van der Waals surface area contributed by atoms with E-state index in [1.807, 2.05) is 37.3 Å². The number of nitrogens with one attached hydrogen (secondary N) is 1. The summed E-state index contributed by atoms with van der Waals surface area (Å²) in [5, 5.41) is 3.02. The highest BCUT2D eigenvalue weighted by Crippen LogP contribution is 2.24. The van der Waals surface area contributed by atoms with Gasteiger partial charge in [-0.05, 0) is 55.2 Å². The summed E-state index contributed by atoms with van der Waals surface area (Å²) in [6, 6.07) is 13.3. The average molecular weight is 322 g/mol. The molecule has 1 aliphatic rings. The van der Waals surface area contributed by atoms with Gasteiger partial charge in [0.25, 0.3) is 5.91 Å². The van der Waals surface area contributed by atoms with Gasteiger partial charge < -0.3 is 10.2 Å². The van der Waals surface area contributed by atoms with Crippen molar-refractivity contribution in [3.63, 3.8) is 0 Å². The van der Waals surface area contributed by atoms with Crippen LogP contribution in [0.15, 0.2) is 42.5 Å². The highest BCUT2D eigenvalue weighted by Gasteiger charge is 2.21. The lowest BCUT2D eigenvalue weighted by atomic mass is 10.1. The number of amides is 2. The summed E-state index contributed by atoms with van der Waals surface area (Å²) in [6.45, 7) is 4.83. The Bertz CT molecular complexity index is 766. The molecule has 0 spiro atoms. The Morgan fingerprint density at radius 3 is 2.54 bits per heavy atom. The highest BCUT2D eigenvalue weighted by molar-refractivity contribution is 6.05. The second-order valence-electron chi connectivity index (χ2n) is 6.11. The minimum atomic E-state index is -0.127. The van der Waals surface area contributed by atoms with Gasteiger partial charge in [-0.1, -0.05) is 25.1 Å². The predicted molar refractivity (Wildman–Crippen MR) is 96.5 cm³/mol. The molecule has 0 unspecified atom stereocenters. The molecule has 2 amide bonds. The zero-order valence-electron chi connectivity index (χ0n) is 14.1. The summed E-state index contributed by atoms with van der Waals surface area (Å²) in [4.78, 5) is 26.1. The Morgan fingerprint density at radius 2 is 1.92 bits per heavy atom. The lowest BCUT2D eigenvalue weighted by Crippen LogP contribution is -2.23. The van der Waals surface area contributed by atoms with E-state index in [4.69, 9.17) is 0 Å².